The molecule has 1 aromatic rings. The minimum Gasteiger partial charge on any atom is -0.493 e. The van der Waals surface area contributed by atoms with Gasteiger partial charge in [-0.3, -0.25) is 0 Å². The SMILES string of the molecule is CC=Cc1ccc(OCCCCN)c(OC)c1. The Labute approximate surface area is 103 Å². The molecule has 0 heterocycles. The zero-order chi connectivity index (χ0) is 12.5. The topological polar surface area (TPSA) is 44.5 Å². The molecule has 0 fully saturated rings. The summed E-state index contributed by atoms with van der Waals surface area (Å²) in [5, 5.41) is 0. The first-order valence-corrected chi connectivity index (χ1v) is 5.95. The molecule has 0 aliphatic rings. The van der Waals surface area contributed by atoms with Crippen LogP contribution < -0.4 is 15.2 Å². The number of allylic oxidation sites excluding steroid dienone is 1. The first-order valence-electron chi connectivity index (χ1n) is 5.95. The molecule has 0 aromatic heterocycles. The van der Waals surface area contributed by atoms with Gasteiger partial charge in [-0.2, -0.15) is 0 Å². The highest BCUT2D eigenvalue weighted by Gasteiger charge is 2.04. The zero-order valence-electron chi connectivity index (χ0n) is 10.6. The quantitative estimate of drug-likeness (QED) is 0.739. The van der Waals surface area contributed by atoms with Crippen molar-refractivity contribution in [3.05, 3.63) is 29.8 Å². The molecule has 17 heavy (non-hydrogen) atoms. The maximum atomic E-state index is 5.66. The highest BCUT2D eigenvalue weighted by atomic mass is 16.5. The Bertz CT molecular complexity index is 361. The van der Waals surface area contributed by atoms with Gasteiger partial charge in [0.05, 0.1) is 13.7 Å². The molecule has 0 spiro atoms. The molecule has 0 aliphatic heterocycles. The van der Waals surface area contributed by atoms with Crippen LogP contribution in [0, 0.1) is 0 Å². The second-order valence-corrected chi connectivity index (χ2v) is 3.75. The average molecular weight is 235 g/mol. The third-order valence-corrected chi connectivity index (χ3v) is 2.40. The van der Waals surface area contributed by atoms with Crippen molar-refractivity contribution in [2.24, 2.45) is 5.73 Å². The summed E-state index contributed by atoms with van der Waals surface area (Å²) in [4.78, 5) is 0. The smallest absolute Gasteiger partial charge is 0.161 e. The maximum absolute atomic E-state index is 5.66. The monoisotopic (exact) mass is 235 g/mol. The minimum atomic E-state index is 0.677. The molecule has 3 nitrogen and oxygen atoms in total. The predicted octanol–water partition coefficient (Wildman–Crippen LogP) is 2.85. The summed E-state index contributed by atoms with van der Waals surface area (Å²) in [7, 11) is 1.65. The van der Waals surface area contributed by atoms with Gasteiger partial charge in [0.1, 0.15) is 0 Å². The van der Waals surface area contributed by atoms with Crippen LogP contribution in [-0.2, 0) is 0 Å². The van der Waals surface area contributed by atoms with E-state index in [0.717, 1.165) is 29.9 Å². The molecule has 0 bridgehead atoms. The molecule has 1 aromatic carbocycles. The normalized spacial score (nSPS) is 10.8. The molecule has 1 rings (SSSR count). The van der Waals surface area contributed by atoms with Gasteiger partial charge < -0.3 is 15.2 Å². The maximum Gasteiger partial charge on any atom is 0.161 e. The van der Waals surface area contributed by atoms with Crippen LogP contribution in [-0.4, -0.2) is 20.3 Å². The fraction of sp³-hybridized carbons (Fsp3) is 0.429. The number of hydrogen-bond donors (Lipinski definition) is 1. The van der Waals surface area contributed by atoms with E-state index in [0.29, 0.717) is 13.2 Å². The predicted molar refractivity (Wildman–Crippen MR) is 71.5 cm³/mol. The van der Waals surface area contributed by atoms with Crippen LogP contribution in [0.2, 0.25) is 0 Å². The molecule has 3 heteroatoms. The standard InChI is InChI=1S/C14H21NO2/c1-3-6-12-7-8-13(14(11-12)16-2)17-10-5-4-9-15/h3,6-8,11H,4-5,9-10,15H2,1-2H3. The van der Waals surface area contributed by atoms with Gasteiger partial charge in [-0.1, -0.05) is 18.2 Å². The van der Waals surface area contributed by atoms with Gasteiger partial charge in [0, 0.05) is 0 Å². The lowest BCUT2D eigenvalue weighted by atomic mass is 10.2. The van der Waals surface area contributed by atoms with Crippen molar-refractivity contribution in [1.29, 1.82) is 0 Å². The molecule has 0 aliphatic carbocycles. The summed E-state index contributed by atoms with van der Waals surface area (Å²) >= 11 is 0. The molecular formula is C14H21NO2. The van der Waals surface area contributed by atoms with E-state index < -0.39 is 0 Å². The highest BCUT2D eigenvalue weighted by molar-refractivity contribution is 5.55. The lowest BCUT2D eigenvalue weighted by Crippen LogP contribution is -2.04. The van der Waals surface area contributed by atoms with Gasteiger partial charge in [0.25, 0.3) is 0 Å². The van der Waals surface area contributed by atoms with E-state index in [1.165, 1.54) is 0 Å². The Kier molecular flexibility index (Phi) is 6.18. The third-order valence-electron chi connectivity index (χ3n) is 2.40. The highest BCUT2D eigenvalue weighted by Crippen LogP contribution is 2.28. The van der Waals surface area contributed by atoms with E-state index in [9.17, 15) is 0 Å². The summed E-state index contributed by atoms with van der Waals surface area (Å²) in [5.41, 5.74) is 6.54. The molecule has 0 radical (unpaired) electrons. The molecule has 94 valence electrons. The average Bonchev–Trinajstić information content (AvgIpc) is 2.36. The van der Waals surface area contributed by atoms with E-state index >= 15 is 0 Å². The third kappa shape index (κ3) is 4.49. The Morgan fingerprint density at radius 3 is 2.71 bits per heavy atom. The molecule has 2 N–H and O–H groups in total. The van der Waals surface area contributed by atoms with Gasteiger partial charge in [-0.25, -0.2) is 0 Å². The van der Waals surface area contributed by atoms with Crippen molar-refractivity contribution in [1.82, 2.24) is 0 Å². The fourth-order valence-corrected chi connectivity index (χ4v) is 1.53. The number of unbranched alkanes of at least 4 members (excludes halogenated alkanes) is 1. The van der Waals surface area contributed by atoms with Crippen LogP contribution in [0.3, 0.4) is 0 Å². The second kappa shape index (κ2) is 7.74. The lowest BCUT2D eigenvalue weighted by Gasteiger charge is -2.11. The van der Waals surface area contributed by atoms with Crippen LogP contribution in [0.1, 0.15) is 25.3 Å². The molecule has 0 saturated carbocycles. The first kappa shape index (κ1) is 13.6. The van der Waals surface area contributed by atoms with Crippen molar-refractivity contribution in [3.8, 4) is 11.5 Å². The molecule has 0 saturated heterocycles. The van der Waals surface area contributed by atoms with Crippen molar-refractivity contribution in [2.75, 3.05) is 20.3 Å². The Morgan fingerprint density at radius 1 is 1.24 bits per heavy atom. The van der Waals surface area contributed by atoms with E-state index in [2.05, 4.69) is 0 Å². The summed E-state index contributed by atoms with van der Waals surface area (Å²) in [6.45, 7) is 3.38. The number of methoxy groups -OCH3 is 1. The largest absolute Gasteiger partial charge is 0.493 e. The van der Waals surface area contributed by atoms with Gasteiger partial charge in [-0.15, -0.1) is 0 Å². The minimum absolute atomic E-state index is 0.677. The molecule has 0 unspecified atom stereocenters. The number of ether oxygens (including phenoxy) is 2. The van der Waals surface area contributed by atoms with E-state index in [-0.39, 0.29) is 0 Å². The molecular weight excluding hydrogens is 214 g/mol. The van der Waals surface area contributed by atoms with Crippen molar-refractivity contribution in [3.63, 3.8) is 0 Å². The van der Waals surface area contributed by atoms with Crippen molar-refractivity contribution >= 4 is 6.08 Å². The van der Waals surface area contributed by atoms with Gasteiger partial charge >= 0.3 is 0 Å². The number of benzene rings is 1. The van der Waals surface area contributed by atoms with Crippen LogP contribution in [0.4, 0.5) is 0 Å². The summed E-state index contributed by atoms with van der Waals surface area (Å²) in [6.07, 6.45) is 5.98. The number of rotatable bonds is 7. The summed E-state index contributed by atoms with van der Waals surface area (Å²) in [5.74, 6) is 1.56. The Balaban J connectivity index is 2.64. The van der Waals surface area contributed by atoms with Crippen LogP contribution >= 0.6 is 0 Å². The van der Waals surface area contributed by atoms with Gasteiger partial charge in [-0.05, 0) is 44.0 Å². The van der Waals surface area contributed by atoms with E-state index in [1.807, 2.05) is 37.3 Å². The zero-order valence-corrected chi connectivity index (χ0v) is 10.6. The lowest BCUT2D eigenvalue weighted by molar-refractivity contribution is 0.287. The van der Waals surface area contributed by atoms with Gasteiger partial charge in [0.2, 0.25) is 0 Å². The van der Waals surface area contributed by atoms with E-state index in [4.69, 9.17) is 15.2 Å². The van der Waals surface area contributed by atoms with Gasteiger partial charge in [0.15, 0.2) is 11.5 Å². The van der Waals surface area contributed by atoms with Crippen molar-refractivity contribution < 1.29 is 9.47 Å². The van der Waals surface area contributed by atoms with Crippen molar-refractivity contribution in [2.45, 2.75) is 19.8 Å². The second-order valence-electron chi connectivity index (χ2n) is 3.75. The number of nitrogens with two attached hydrogens (primary N) is 1. The Morgan fingerprint density at radius 2 is 2.06 bits per heavy atom. The van der Waals surface area contributed by atoms with E-state index in [1.54, 1.807) is 7.11 Å². The number of hydrogen-bond acceptors (Lipinski definition) is 3. The Hall–Kier alpha value is -1.48. The van der Waals surface area contributed by atoms with Crippen LogP contribution in [0.5, 0.6) is 11.5 Å². The molecule has 0 amide bonds. The first-order chi connectivity index (χ1) is 8.31. The molecule has 0 atom stereocenters. The summed E-state index contributed by atoms with van der Waals surface area (Å²) in [6, 6.07) is 5.93. The van der Waals surface area contributed by atoms with Crippen LogP contribution in [0.15, 0.2) is 24.3 Å². The summed E-state index contributed by atoms with van der Waals surface area (Å²) < 4.78 is 11.0. The van der Waals surface area contributed by atoms with Crippen LogP contribution in [0.25, 0.3) is 6.08 Å². The fourth-order valence-electron chi connectivity index (χ4n) is 1.53.